The molecule has 0 bridgehead atoms. The zero-order valence-electron chi connectivity index (χ0n) is 9.91. The fraction of sp³-hybridized carbons (Fsp3) is 0.750. The fourth-order valence-corrected chi connectivity index (χ4v) is 2.96. The second-order valence-electron chi connectivity index (χ2n) is 5.12. The van der Waals surface area contributed by atoms with Crippen molar-refractivity contribution in [3.63, 3.8) is 0 Å². The summed E-state index contributed by atoms with van der Waals surface area (Å²) in [5, 5.41) is 15.2. The van der Waals surface area contributed by atoms with Gasteiger partial charge in [-0.3, -0.25) is 4.68 Å². The third-order valence-corrected chi connectivity index (χ3v) is 4.14. The highest BCUT2D eigenvalue weighted by atomic mass is 35.5. The molecule has 1 atom stereocenters. The van der Waals surface area contributed by atoms with Crippen LogP contribution in [0.25, 0.3) is 0 Å². The van der Waals surface area contributed by atoms with E-state index in [1.807, 2.05) is 7.05 Å². The minimum atomic E-state index is -0.507. The lowest BCUT2D eigenvalue weighted by atomic mass is 9.71. The van der Waals surface area contributed by atoms with Crippen molar-refractivity contribution in [1.82, 2.24) is 9.78 Å². The van der Waals surface area contributed by atoms with Gasteiger partial charge in [-0.25, -0.2) is 0 Å². The molecule has 1 N–H and O–H groups in total. The standard InChI is InChI=1S/C12H19ClN2O/c1-12(6-4-3-5-7-12)11(16)10-9(13)8-14-15(10)2/h8,11,16H,3-7H2,1-2H3. The SMILES string of the molecule is Cn1ncc(Cl)c1C(O)C1(C)CCCCC1. The summed E-state index contributed by atoms with van der Waals surface area (Å²) in [5.41, 5.74) is 0.710. The van der Waals surface area contributed by atoms with Crippen molar-refractivity contribution >= 4 is 11.6 Å². The first-order valence-electron chi connectivity index (χ1n) is 5.90. The molecular weight excluding hydrogens is 224 g/mol. The maximum absolute atomic E-state index is 10.5. The lowest BCUT2D eigenvalue weighted by Crippen LogP contribution is -2.29. The molecule has 1 aromatic rings. The Bertz CT molecular complexity index is 350. The van der Waals surface area contributed by atoms with Gasteiger partial charge in [0.1, 0.15) is 6.10 Å². The summed E-state index contributed by atoms with van der Waals surface area (Å²) in [6.45, 7) is 2.15. The largest absolute Gasteiger partial charge is 0.386 e. The van der Waals surface area contributed by atoms with Gasteiger partial charge in [0, 0.05) is 7.05 Å². The van der Waals surface area contributed by atoms with E-state index in [0.717, 1.165) is 18.5 Å². The van der Waals surface area contributed by atoms with Crippen LogP contribution in [0.3, 0.4) is 0 Å². The van der Waals surface area contributed by atoms with E-state index in [2.05, 4.69) is 12.0 Å². The molecule has 1 aliphatic rings. The van der Waals surface area contributed by atoms with E-state index in [1.165, 1.54) is 19.3 Å². The van der Waals surface area contributed by atoms with Crippen LogP contribution >= 0.6 is 11.6 Å². The molecule has 1 saturated carbocycles. The molecule has 0 radical (unpaired) electrons. The van der Waals surface area contributed by atoms with Gasteiger partial charge < -0.3 is 5.11 Å². The monoisotopic (exact) mass is 242 g/mol. The Balaban J connectivity index is 2.27. The highest BCUT2D eigenvalue weighted by Gasteiger charge is 2.37. The van der Waals surface area contributed by atoms with Crippen LogP contribution in [0.2, 0.25) is 5.02 Å². The zero-order valence-corrected chi connectivity index (χ0v) is 10.7. The van der Waals surface area contributed by atoms with E-state index in [0.29, 0.717) is 5.02 Å². The first-order chi connectivity index (χ1) is 7.54. The number of aryl methyl sites for hydroxylation is 1. The Hall–Kier alpha value is -0.540. The first kappa shape index (κ1) is 11.9. The minimum Gasteiger partial charge on any atom is -0.386 e. The summed E-state index contributed by atoms with van der Waals surface area (Å²) >= 11 is 6.08. The first-order valence-corrected chi connectivity index (χ1v) is 6.28. The summed E-state index contributed by atoms with van der Waals surface area (Å²) in [6, 6.07) is 0. The Morgan fingerprint density at radius 1 is 1.44 bits per heavy atom. The van der Waals surface area contributed by atoms with Gasteiger partial charge in [-0.15, -0.1) is 0 Å². The molecule has 90 valence electrons. The van der Waals surface area contributed by atoms with Gasteiger partial charge in [-0.2, -0.15) is 5.10 Å². The smallest absolute Gasteiger partial charge is 0.102 e. The van der Waals surface area contributed by atoms with Crippen molar-refractivity contribution < 1.29 is 5.11 Å². The van der Waals surface area contributed by atoms with Crippen LogP contribution in [-0.2, 0) is 7.05 Å². The molecule has 4 heteroatoms. The average Bonchev–Trinajstić information content (AvgIpc) is 2.59. The lowest BCUT2D eigenvalue weighted by molar-refractivity contribution is 0.00285. The molecule has 1 aliphatic carbocycles. The van der Waals surface area contributed by atoms with Crippen LogP contribution in [-0.4, -0.2) is 14.9 Å². The highest BCUT2D eigenvalue weighted by molar-refractivity contribution is 6.31. The molecule has 0 aliphatic heterocycles. The summed E-state index contributed by atoms with van der Waals surface area (Å²) in [4.78, 5) is 0. The summed E-state index contributed by atoms with van der Waals surface area (Å²) in [7, 11) is 1.83. The maximum Gasteiger partial charge on any atom is 0.102 e. The Morgan fingerprint density at radius 3 is 2.56 bits per heavy atom. The number of hydrogen-bond donors (Lipinski definition) is 1. The van der Waals surface area contributed by atoms with E-state index < -0.39 is 6.10 Å². The number of nitrogens with zero attached hydrogens (tertiary/aromatic N) is 2. The number of hydrogen-bond acceptors (Lipinski definition) is 2. The summed E-state index contributed by atoms with van der Waals surface area (Å²) in [6.07, 6.45) is 6.90. The van der Waals surface area contributed by atoms with Crippen molar-refractivity contribution in [3.05, 3.63) is 16.9 Å². The molecule has 1 heterocycles. The lowest BCUT2D eigenvalue weighted by Gasteiger charge is -2.38. The van der Waals surface area contributed by atoms with E-state index in [1.54, 1.807) is 10.9 Å². The molecule has 2 rings (SSSR count). The van der Waals surface area contributed by atoms with Crippen molar-refractivity contribution in [1.29, 1.82) is 0 Å². The maximum atomic E-state index is 10.5. The zero-order chi connectivity index (χ0) is 11.8. The second-order valence-corrected chi connectivity index (χ2v) is 5.53. The van der Waals surface area contributed by atoms with E-state index in [9.17, 15) is 5.11 Å². The van der Waals surface area contributed by atoms with Crippen LogP contribution in [0.1, 0.15) is 50.8 Å². The normalized spacial score (nSPS) is 22.0. The van der Waals surface area contributed by atoms with Crippen molar-refractivity contribution in [3.8, 4) is 0 Å². The van der Waals surface area contributed by atoms with E-state index >= 15 is 0 Å². The molecule has 1 unspecified atom stereocenters. The quantitative estimate of drug-likeness (QED) is 0.866. The fourth-order valence-electron chi connectivity index (χ4n) is 2.69. The molecule has 1 aromatic heterocycles. The van der Waals surface area contributed by atoms with Gasteiger partial charge in [-0.05, 0) is 18.3 Å². The Morgan fingerprint density at radius 2 is 2.06 bits per heavy atom. The summed E-state index contributed by atoms with van der Waals surface area (Å²) < 4.78 is 1.69. The molecule has 16 heavy (non-hydrogen) atoms. The number of aliphatic hydroxyl groups excluding tert-OH is 1. The Kier molecular flexibility index (Phi) is 3.27. The van der Waals surface area contributed by atoms with E-state index in [-0.39, 0.29) is 5.41 Å². The van der Waals surface area contributed by atoms with Gasteiger partial charge in [0.2, 0.25) is 0 Å². The predicted octanol–water partition coefficient (Wildman–Crippen LogP) is 3.08. The number of aliphatic hydroxyl groups is 1. The molecular formula is C12H19ClN2O. The topological polar surface area (TPSA) is 38.0 Å². The van der Waals surface area contributed by atoms with Crippen LogP contribution in [0.5, 0.6) is 0 Å². The number of rotatable bonds is 2. The average molecular weight is 243 g/mol. The van der Waals surface area contributed by atoms with E-state index in [4.69, 9.17) is 11.6 Å². The molecule has 0 spiro atoms. The van der Waals surface area contributed by atoms with Gasteiger partial charge >= 0.3 is 0 Å². The molecule has 0 aromatic carbocycles. The van der Waals surface area contributed by atoms with Crippen molar-refractivity contribution in [2.75, 3.05) is 0 Å². The van der Waals surface area contributed by atoms with Crippen LogP contribution in [0.4, 0.5) is 0 Å². The van der Waals surface area contributed by atoms with Crippen LogP contribution in [0.15, 0.2) is 6.20 Å². The van der Waals surface area contributed by atoms with Gasteiger partial charge in [-0.1, -0.05) is 37.8 Å². The second kappa shape index (κ2) is 4.38. The van der Waals surface area contributed by atoms with Crippen LogP contribution < -0.4 is 0 Å². The summed E-state index contributed by atoms with van der Waals surface area (Å²) in [5.74, 6) is 0. The highest BCUT2D eigenvalue weighted by Crippen LogP contribution is 2.46. The molecule has 0 amide bonds. The molecule has 0 saturated heterocycles. The minimum absolute atomic E-state index is 0.0459. The predicted molar refractivity (Wildman–Crippen MR) is 64.4 cm³/mol. The van der Waals surface area contributed by atoms with Crippen LogP contribution in [0, 0.1) is 5.41 Å². The van der Waals surface area contributed by atoms with Gasteiger partial charge in [0.05, 0.1) is 16.9 Å². The van der Waals surface area contributed by atoms with Gasteiger partial charge in [0.15, 0.2) is 0 Å². The third-order valence-electron chi connectivity index (χ3n) is 3.85. The van der Waals surface area contributed by atoms with Gasteiger partial charge in [0.25, 0.3) is 0 Å². The third kappa shape index (κ3) is 1.98. The Labute approximate surface area is 101 Å². The number of halogens is 1. The molecule has 3 nitrogen and oxygen atoms in total. The van der Waals surface area contributed by atoms with Crippen molar-refractivity contribution in [2.24, 2.45) is 12.5 Å². The van der Waals surface area contributed by atoms with Crippen molar-refractivity contribution in [2.45, 2.75) is 45.1 Å². The molecule has 1 fully saturated rings. The number of aromatic nitrogens is 2.